The maximum absolute atomic E-state index is 11.1. The highest BCUT2D eigenvalue weighted by atomic mass is 16.3. The lowest BCUT2D eigenvalue weighted by Gasteiger charge is -2.41. The third-order valence-electron chi connectivity index (χ3n) is 2.14. The Hall–Kier alpha value is -1.05. The zero-order valence-electron chi connectivity index (χ0n) is 9.50. The second kappa shape index (κ2) is 4.65. The van der Waals surface area contributed by atoms with Crippen molar-refractivity contribution in [3.05, 3.63) is 0 Å². The molecule has 4 nitrogen and oxygen atoms in total. The molecule has 0 bridgehead atoms. The first-order valence-electron chi connectivity index (χ1n) is 5.09. The second-order valence-electron chi connectivity index (χ2n) is 4.55. The highest BCUT2D eigenvalue weighted by Gasteiger charge is 2.30. The minimum Gasteiger partial charge on any atom is -0.389 e. The van der Waals surface area contributed by atoms with Crippen LogP contribution in [0, 0.1) is 11.8 Å². The Morgan fingerprint density at radius 2 is 2.20 bits per heavy atom. The number of amides is 1. The van der Waals surface area contributed by atoms with Crippen LogP contribution in [0.15, 0.2) is 0 Å². The van der Waals surface area contributed by atoms with Gasteiger partial charge in [0, 0.05) is 19.6 Å². The Morgan fingerprint density at radius 1 is 1.60 bits per heavy atom. The third kappa shape index (κ3) is 4.32. The standard InChI is InChI=1S/C11H18N2O2/c1-4-5-10(14)12-9-6-13(7-9)8-11(2,3)15/h9,15H,6-8H2,1-3H3,(H,12,14). The molecule has 0 aromatic rings. The van der Waals surface area contributed by atoms with Crippen molar-refractivity contribution in [2.75, 3.05) is 19.6 Å². The molecule has 15 heavy (non-hydrogen) atoms. The Morgan fingerprint density at radius 3 is 2.67 bits per heavy atom. The van der Waals surface area contributed by atoms with Gasteiger partial charge in [-0.1, -0.05) is 5.92 Å². The van der Waals surface area contributed by atoms with Crippen LogP contribution in [0.3, 0.4) is 0 Å². The molecule has 0 aromatic carbocycles. The van der Waals surface area contributed by atoms with Crippen LogP contribution in [0.1, 0.15) is 20.8 Å². The summed E-state index contributed by atoms with van der Waals surface area (Å²) < 4.78 is 0. The van der Waals surface area contributed by atoms with Crippen molar-refractivity contribution < 1.29 is 9.90 Å². The quantitative estimate of drug-likeness (QED) is 0.622. The van der Waals surface area contributed by atoms with Gasteiger partial charge in [-0.05, 0) is 26.7 Å². The number of likely N-dealkylation sites (tertiary alicyclic amines) is 1. The van der Waals surface area contributed by atoms with Crippen molar-refractivity contribution in [3.63, 3.8) is 0 Å². The summed E-state index contributed by atoms with van der Waals surface area (Å²) in [4.78, 5) is 13.2. The molecule has 0 radical (unpaired) electrons. The first kappa shape index (κ1) is 12.0. The summed E-state index contributed by atoms with van der Waals surface area (Å²) in [5.41, 5.74) is -0.668. The van der Waals surface area contributed by atoms with Crippen molar-refractivity contribution in [1.29, 1.82) is 0 Å². The minimum absolute atomic E-state index is 0.181. The van der Waals surface area contributed by atoms with Gasteiger partial charge < -0.3 is 10.4 Å². The number of hydrogen-bond acceptors (Lipinski definition) is 3. The van der Waals surface area contributed by atoms with E-state index < -0.39 is 5.60 Å². The van der Waals surface area contributed by atoms with Crippen LogP contribution in [0.5, 0.6) is 0 Å². The predicted molar refractivity (Wildman–Crippen MR) is 58.1 cm³/mol. The topological polar surface area (TPSA) is 52.6 Å². The molecule has 0 saturated carbocycles. The van der Waals surface area contributed by atoms with E-state index in [-0.39, 0.29) is 11.9 Å². The van der Waals surface area contributed by atoms with Crippen LogP contribution < -0.4 is 5.32 Å². The maximum Gasteiger partial charge on any atom is 0.296 e. The molecule has 0 atom stereocenters. The van der Waals surface area contributed by atoms with Gasteiger partial charge in [0.15, 0.2) is 0 Å². The molecule has 1 heterocycles. The number of carbonyl (C=O) groups excluding carboxylic acids is 1. The molecule has 0 aromatic heterocycles. The van der Waals surface area contributed by atoms with Crippen molar-refractivity contribution >= 4 is 5.91 Å². The summed E-state index contributed by atoms with van der Waals surface area (Å²) in [6.45, 7) is 7.42. The summed E-state index contributed by atoms with van der Waals surface area (Å²) in [6, 6.07) is 0.181. The predicted octanol–water partition coefficient (Wildman–Crippen LogP) is -0.419. The molecule has 1 rings (SSSR count). The van der Waals surface area contributed by atoms with Crippen LogP contribution in [-0.2, 0) is 4.79 Å². The van der Waals surface area contributed by atoms with Crippen LogP contribution in [0.2, 0.25) is 0 Å². The fourth-order valence-corrected chi connectivity index (χ4v) is 1.67. The first-order chi connectivity index (χ1) is 6.90. The molecule has 2 N–H and O–H groups in total. The van der Waals surface area contributed by atoms with E-state index in [4.69, 9.17) is 0 Å². The average molecular weight is 210 g/mol. The van der Waals surface area contributed by atoms with E-state index in [0.29, 0.717) is 6.54 Å². The van der Waals surface area contributed by atoms with Gasteiger partial charge in [-0.3, -0.25) is 9.69 Å². The zero-order chi connectivity index (χ0) is 11.5. The van der Waals surface area contributed by atoms with E-state index >= 15 is 0 Å². The number of nitrogens with one attached hydrogen (secondary N) is 1. The number of nitrogens with zero attached hydrogens (tertiary/aromatic N) is 1. The Balaban J connectivity index is 2.20. The van der Waals surface area contributed by atoms with Crippen molar-refractivity contribution in [1.82, 2.24) is 10.2 Å². The smallest absolute Gasteiger partial charge is 0.296 e. The summed E-state index contributed by atoms with van der Waals surface area (Å²) in [5, 5.41) is 12.4. The van der Waals surface area contributed by atoms with Crippen LogP contribution in [0.4, 0.5) is 0 Å². The second-order valence-corrected chi connectivity index (χ2v) is 4.55. The normalized spacial score (nSPS) is 17.6. The molecule has 0 unspecified atom stereocenters. The number of hydrogen-bond donors (Lipinski definition) is 2. The molecule has 84 valence electrons. The molecule has 4 heteroatoms. The van der Waals surface area contributed by atoms with Gasteiger partial charge in [0.05, 0.1) is 11.6 Å². The van der Waals surface area contributed by atoms with Gasteiger partial charge in [-0.15, -0.1) is 0 Å². The zero-order valence-corrected chi connectivity index (χ0v) is 9.50. The number of aliphatic hydroxyl groups is 1. The summed E-state index contributed by atoms with van der Waals surface area (Å²) in [7, 11) is 0. The Kier molecular flexibility index (Phi) is 3.72. The summed E-state index contributed by atoms with van der Waals surface area (Å²) in [6.07, 6.45) is 0. The minimum atomic E-state index is -0.668. The van der Waals surface area contributed by atoms with Crippen LogP contribution >= 0.6 is 0 Å². The van der Waals surface area contributed by atoms with Gasteiger partial charge in [-0.2, -0.15) is 0 Å². The van der Waals surface area contributed by atoms with E-state index in [2.05, 4.69) is 22.1 Å². The lowest BCUT2D eigenvalue weighted by atomic mass is 10.0. The van der Waals surface area contributed by atoms with E-state index in [9.17, 15) is 9.90 Å². The highest BCUT2D eigenvalue weighted by Crippen LogP contribution is 2.12. The fourth-order valence-electron chi connectivity index (χ4n) is 1.67. The van der Waals surface area contributed by atoms with Crippen molar-refractivity contribution in [2.45, 2.75) is 32.4 Å². The van der Waals surface area contributed by atoms with E-state index in [1.54, 1.807) is 20.8 Å². The number of rotatable bonds is 3. The lowest BCUT2D eigenvalue weighted by molar-refractivity contribution is -0.117. The Labute approximate surface area is 90.6 Å². The van der Waals surface area contributed by atoms with Crippen LogP contribution in [0.25, 0.3) is 0 Å². The number of carbonyl (C=O) groups is 1. The van der Waals surface area contributed by atoms with E-state index in [1.165, 1.54) is 0 Å². The van der Waals surface area contributed by atoms with Gasteiger partial charge in [0.2, 0.25) is 0 Å². The monoisotopic (exact) mass is 210 g/mol. The molecule has 1 aliphatic rings. The van der Waals surface area contributed by atoms with Gasteiger partial charge in [0.25, 0.3) is 5.91 Å². The van der Waals surface area contributed by atoms with Gasteiger partial charge in [-0.25, -0.2) is 0 Å². The molecule has 0 spiro atoms. The van der Waals surface area contributed by atoms with Gasteiger partial charge >= 0.3 is 0 Å². The molecule has 1 amide bonds. The largest absolute Gasteiger partial charge is 0.389 e. The van der Waals surface area contributed by atoms with Crippen molar-refractivity contribution in [2.24, 2.45) is 0 Å². The maximum atomic E-state index is 11.1. The van der Waals surface area contributed by atoms with Gasteiger partial charge in [0.1, 0.15) is 0 Å². The molecule has 0 aliphatic carbocycles. The summed E-state index contributed by atoms with van der Waals surface area (Å²) >= 11 is 0. The van der Waals surface area contributed by atoms with E-state index in [1.807, 2.05) is 0 Å². The van der Waals surface area contributed by atoms with E-state index in [0.717, 1.165) is 13.1 Å². The fraction of sp³-hybridized carbons (Fsp3) is 0.727. The SMILES string of the molecule is CC#CC(=O)NC1CN(CC(C)(C)O)C1. The highest BCUT2D eigenvalue weighted by molar-refractivity contribution is 5.93. The number of β-amino-alcohol motifs (C(OH)–C–C–N with tert-alkyl or cyclic N) is 1. The van der Waals surface area contributed by atoms with Crippen LogP contribution in [-0.4, -0.2) is 47.2 Å². The third-order valence-corrected chi connectivity index (χ3v) is 2.14. The summed E-state index contributed by atoms with van der Waals surface area (Å²) in [5.74, 6) is 4.78. The molecular formula is C11H18N2O2. The Bertz CT molecular complexity index is 290. The first-order valence-corrected chi connectivity index (χ1v) is 5.09. The molecular weight excluding hydrogens is 192 g/mol. The molecule has 1 saturated heterocycles. The average Bonchev–Trinajstić information content (AvgIpc) is 1.98. The van der Waals surface area contributed by atoms with Crippen molar-refractivity contribution in [3.8, 4) is 11.8 Å². The molecule has 1 fully saturated rings. The molecule has 1 aliphatic heterocycles. The lowest BCUT2D eigenvalue weighted by Crippen LogP contribution is -2.61.